The summed E-state index contributed by atoms with van der Waals surface area (Å²) in [7, 11) is 1.98. The fourth-order valence-electron chi connectivity index (χ4n) is 8.91. The zero-order chi connectivity index (χ0) is 24.5. The molecular formula is C29H38N4O2. The van der Waals surface area contributed by atoms with Gasteiger partial charge in [0.25, 0.3) is 0 Å². The molecular weight excluding hydrogens is 436 g/mol. The molecule has 0 bridgehead atoms. The number of aromatic nitrogens is 2. The molecule has 0 radical (unpaired) electrons. The van der Waals surface area contributed by atoms with Gasteiger partial charge in [-0.05, 0) is 80.8 Å². The number of carbonyl (C=O) groups excluding carboxylic acids is 2. The van der Waals surface area contributed by atoms with Gasteiger partial charge in [-0.3, -0.25) is 9.59 Å². The maximum absolute atomic E-state index is 13.5. The van der Waals surface area contributed by atoms with Gasteiger partial charge in [0.1, 0.15) is 5.65 Å². The average molecular weight is 475 g/mol. The summed E-state index contributed by atoms with van der Waals surface area (Å²) in [6.45, 7) is 7.54. The molecule has 2 aromatic rings. The second-order valence-electron chi connectivity index (χ2n) is 12.2. The molecule has 1 aliphatic heterocycles. The third-order valence-electron chi connectivity index (χ3n) is 10.5. The molecule has 2 aromatic heterocycles. The van der Waals surface area contributed by atoms with Gasteiger partial charge in [0.2, 0.25) is 11.8 Å². The Morgan fingerprint density at radius 2 is 2.00 bits per heavy atom. The minimum Gasteiger partial charge on any atom is -0.350 e. The van der Waals surface area contributed by atoms with Gasteiger partial charge in [0.15, 0.2) is 0 Å². The Bertz CT molecular complexity index is 1200. The number of hydrogen-bond donors (Lipinski definition) is 1. The number of piperidine rings is 1. The lowest BCUT2D eigenvalue weighted by Gasteiger charge is -2.59. The third kappa shape index (κ3) is 3.31. The molecule has 1 saturated heterocycles. The van der Waals surface area contributed by atoms with E-state index in [1.807, 2.05) is 46.9 Å². The Balaban J connectivity index is 1.21. The number of allylic oxidation sites excluding steroid dienone is 2. The number of pyridine rings is 1. The zero-order valence-corrected chi connectivity index (χ0v) is 21.5. The number of fused-ring (bicyclic) bond motifs is 6. The van der Waals surface area contributed by atoms with Crippen LogP contribution in [-0.2, 0) is 16.1 Å². The predicted octanol–water partition coefficient (Wildman–Crippen LogP) is 4.95. The van der Waals surface area contributed by atoms with E-state index in [4.69, 9.17) is 0 Å². The first-order chi connectivity index (χ1) is 16.7. The van der Waals surface area contributed by atoms with Crippen LogP contribution in [0.25, 0.3) is 5.65 Å². The molecule has 186 valence electrons. The highest BCUT2D eigenvalue weighted by molar-refractivity contribution is 5.80. The van der Waals surface area contributed by atoms with Gasteiger partial charge in [-0.2, -0.15) is 0 Å². The Labute approximate surface area is 208 Å². The molecule has 2 amide bonds. The molecule has 6 nitrogen and oxygen atoms in total. The van der Waals surface area contributed by atoms with Crippen LogP contribution in [0.2, 0.25) is 0 Å². The first-order valence-corrected chi connectivity index (χ1v) is 13.4. The molecule has 35 heavy (non-hydrogen) atoms. The first-order valence-electron chi connectivity index (χ1n) is 13.4. The van der Waals surface area contributed by atoms with E-state index in [2.05, 4.69) is 31.1 Å². The van der Waals surface area contributed by atoms with E-state index in [-0.39, 0.29) is 28.6 Å². The lowest BCUT2D eigenvalue weighted by molar-refractivity contribution is -0.138. The van der Waals surface area contributed by atoms with Crippen LogP contribution in [0.4, 0.5) is 0 Å². The summed E-state index contributed by atoms with van der Waals surface area (Å²) in [5.74, 6) is 2.32. The van der Waals surface area contributed by atoms with E-state index in [0.29, 0.717) is 30.7 Å². The summed E-state index contributed by atoms with van der Waals surface area (Å²) < 4.78 is 2.00. The number of nitrogens with zero attached hydrogens (tertiary/aromatic N) is 3. The maximum Gasteiger partial charge on any atom is 0.226 e. The van der Waals surface area contributed by atoms with Crippen molar-refractivity contribution < 1.29 is 9.59 Å². The molecule has 3 fully saturated rings. The molecule has 2 saturated carbocycles. The van der Waals surface area contributed by atoms with Crippen molar-refractivity contribution in [3.63, 3.8) is 0 Å². The molecule has 0 aromatic carbocycles. The van der Waals surface area contributed by atoms with Crippen LogP contribution in [-0.4, -0.2) is 33.1 Å². The highest BCUT2D eigenvalue weighted by atomic mass is 16.2. The van der Waals surface area contributed by atoms with Crippen LogP contribution < -0.4 is 5.32 Å². The Morgan fingerprint density at radius 3 is 2.80 bits per heavy atom. The largest absolute Gasteiger partial charge is 0.350 e. The van der Waals surface area contributed by atoms with Crippen molar-refractivity contribution in [3.8, 4) is 0 Å². The average Bonchev–Trinajstić information content (AvgIpc) is 3.40. The number of likely N-dealkylation sites (tertiary alicyclic amines) is 1. The highest BCUT2D eigenvalue weighted by Crippen LogP contribution is 2.66. The normalized spacial score (nSPS) is 36.7. The monoisotopic (exact) mass is 474 g/mol. The number of hydrogen-bond acceptors (Lipinski definition) is 3. The van der Waals surface area contributed by atoms with Crippen LogP contribution in [0.3, 0.4) is 0 Å². The summed E-state index contributed by atoms with van der Waals surface area (Å²) in [5, 5.41) is 3.24. The van der Waals surface area contributed by atoms with Crippen LogP contribution in [0, 0.1) is 34.5 Å². The topological polar surface area (TPSA) is 66.7 Å². The van der Waals surface area contributed by atoms with Crippen LogP contribution in [0.5, 0.6) is 0 Å². The molecule has 6 atom stereocenters. The van der Waals surface area contributed by atoms with E-state index >= 15 is 0 Å². The Morgan fingerprint density at radius 1 is 1.17 bits per heavy atom. The summed E-state index contributed by atoms with van der Waals surface area (Å²) in [6.07, 6.45) is 11.1. The summed E-state index contributed by atoms with van der Waals surface area (Å²) in [6, 6.07) is 5.95. The van der Waals surface area contributed by atoms with Gasteiger partial charge in [-0.25, -0.2) is 4.98 Å². The predicted molar refractivity (Wildman–Crippen MR) is 135 cm³/mol. The third-order valence-corrected chi connectivity index (χ3v) is 10.5. The number of nitrogens with one attached hydrogen (secondary N) is 1. The molecule has 6 rings (SSSR count). The number of rotatable bonds is 3. The van der Waals surface area contributed by atoms with E-state index < -0.39 is 0 Å². The van der Waals surface area contributed by atoms with Gasteiger partial charge in [0, 0.05) is 42.9 Å². The fourth-order valence-corrected chi connectivity index (χ4v) is 8.91. The first kappa shape index (κ1) is 22.8. The minimum absolute atomic E-state index is 0.0503. The van der Waals surface area contributed by atoms with E-state index in [9.17, 15) is 9.59 Å². The van der Waals surface area contributed by atoms with E-state index in [0.717, 1.165) is 49.9 Å². The number of amides is 2. The zero-order valence-electron chi connectivity index (χ0n) is 21.5. The molecule has 4 aliphatic rings. The van der Waals surface area contributed by atoms with Crippen LogP contribution >= 0.6 is 0 Å². The van der Waals surface area contributed by atoms with Crippen LogP contribution in [0.1, 0.15) is 71.4 Å². The van der Waals surface area contributed by atoms with Crippen molar-refractivity contribution in [2.24, 2.45) is 34.5 Å². The van der Waals surface area contributed by atoms with E-state index in [1.54, 1.807) is 0 Å². The smallest absolute Gasteiger partial charge is 0.226 e. The molecule has 0 unspecified atom stereocenters. The van der Waals surface area contributed by atoms with Gasteiger partial charge in [-0.1, -0.05) is 25.5 Å². The van der Waals surface area contributed by atoms with E-state index in [1.165, 1.54) is 11.3 Å². The van der Waals surface area contributed by atoms with Gasteiger partial charge >= 0.3 is 0 Å². The lowest BCUT2D eigenvalue weighted by Crippen LogP contribution is -2.55. The summed E-state index contributed by atoms with van der Waals surface area (Å²) >= 11 is 0. The van der Waals surface area contributed by atoms with Crippen molar-refractivity contribution in [1.82, 2.24) is 19.6 Å². The minimum atomic E-state index is 0.0503. The lowest BCUT2D eigenvalue weighted by atomic mass is 9.48. The highest BCUT2D eigenvalue weighted by Gasteiger charge is 2.61. The van der Waals surface area contributed by atoms with Gasteiger partial charge in [0.05, 0.1) is 12.2 Å². The molecule has 3 heterocycles. The van der Waals surface area contributed by atoms with Crippen molar-refractivity contribution in [1.29, 1.82) is 0 Å². The molecule has 3 aliphatic carbocycles. The second-order valence-corrected chi connectivity index (χ2v) is 12.2. The van der Waals surface area contributed by atoms with Crippen LogP contribution in [0.15, 0.2) is 41.9 Å². The standard InChI is InChI=1S/C29H38N4O2/c1-18-15-20-21-8-9-23(27(35)30-16-19-17-33-14-6-5-7-24(33)31-19)28(21,2)12-10-22(20)29(3)13-11-25(34)32(4)26(18)29/h5-7,14,17,20-23H,8-13,15-16H2,1-4H3,(H,30,35)/t20-,21-,22-,23+,28-,29+/m0/s1. The quantitative estimate of drug-likeness (QED) is 0.685. The fraction of sp³-hybridized carbons (Fsp3) is 0.621. The summed E-state index contributed by atoms with van der Waals surface area (Å²) in [4.78, 5) is 32.6. The number of carbonyl (C=O) groups is 2. The van der Waals surface area contributed by atoms with Gasteiger partial charge in [-0.15, -0.1) is 0 Å². The molecule has 1 N–H and O–H groups in total. The molecule has 0 spiro atoms. The summed E-state index contributed by atoms with van der Waals surface area (Å²) in [5.41, 5.74) is 4.64. The van der Waals surface area contributed by atoms with Crippen molar-refractivity contribution in [2.75, 3.05) is 7.05 Å². The Kier molecular flexibility index (Phi) is 5.17. The maximum atomic E-state index is 13.5. The van der Waals surface area contributed by atoms with Gasteiger partial charge < -0.3 is 14.6 Å². The van der Waals surface area contributed by atoms with Crippen molar-refractivity contribution >= 4 is 17.5 Å². The molecule has 6 heteroatoms. The van der Waals surface area contributed by atoms with Crippen molar-refractivity contribution in [3.05, 3.63) is 47.6 Å². The van der Waals surface area contributed by atoms with Crippen molar-refractivity contribution in [2.45, 2.75) is 72.3 Å². The number of imidazole rings is 1. The second kappa shape index (κ2) is 7.94. The Hall–Kier alpha value is -2.63. The SMILES string of the molecule is CC1=C2N(C)C(=O)CC[C@]2(C)[C@H]2CC[C@]3(C)[C@@H](C(=O)NCc4cn5ccccc5n4)CC[C@H]3[C@@H]2C1.